The normalized spacial score (nSPS) is 12.0. The quantitative estimate of drug-likeness (QED) is 0.167. The van der Waals surface area contributed by atoms with E-state index >= 15 is 0 Å². The maximum absolute atomic E-state index is 6.24. The van der Waals surface area contributed by atoms with Crippen LogP contribution in [0.5, 0.6) is 0 Å². The Bertz CT molecular complexity index is 2180. The van der Waals surface area contributed by atoms with E-state index in [1.165, 1.54) is 5.56 Å². The summed E-state index contributed by atoms with van der Waals surface area (Å²) in [6.07, 6.45) is 6.15. The SMILES string of the molecule is C=C/C=C(\C(=C/C)c1ccccc1)N(c1cccc(-c2ccccc2)c1)c1cccc(-c2ccc3c(c2)oc2ccccc23)c1. The van der Waals surface area contributed by atoms with Crippen LogP contribution in [0.3, 0.4) is 0 Å². The molecule has 2 nitrogen and oxygen atoms in total. The number of furan rings is 1. The lowest BCUT2D eigenvalue weighted by Gasteiger charge is -2.30. The van der Waals surface area contributed by atoms with Gasteiger partial charge in [0.1, 0.15) is 11.2 Å². The summed E-state index contributed by atoms with van der Waals surface area (Å²) in [6, 6.07) is 53.2. The highest BCUT2D eigenvalue weighted by Crippen LogP contribution is 2.40. The number of rotatable bonds is 8. The van der Waals surface area contributed by atoms with E-state index in [0.717, 1.165) is 66.8 Å². The molecular formula is C43H33NO. The number of hydrogen-bond acceptors (Lipinski definition) is 2. The minimum absolute atomic E-state index is 0.888. The van der Waals surface area contributed by atoms with Crippen LogP contribution in [0.1, 0.15) is 12.5 Å². The van der Waals surface area contributed by atoms with E-state index in [0.29, 0.717) is 0 Å². The maximum Gasteiger partial charge on any atom is 0.136 e. The van der Waals surface area contributed by atoms with E-state index in [1.54, 1.807) is 0 Å². The van der Waals surface area contributed by atoms with Crippen LogP contribution in [-0.2, 0) is 0 Å². The van der Waals surface area contributed by atoms with Crippen LogP contribution in [0.25, 0.3) is 49.8 Å². The average molecular weight is 580 g/mol. The number of allylic oxidation sites excluding steroid dienone is 4. The largest absolute Gasteiger partial charge is 0.456 e. The van der Waals surface area contributed by atoms with Gasteiger partial charge in [-0.2, -0.15) is 0 Å². The predicted molar refractivity (Wildman–Crippen MR) is 192 cm³/mol. The number of para-hydroxylation sites is 1. The fourth-order valence-electron chi connectivity index (χ4n) is 6.09. The van der Waals surface area contributed by atoms with Gasteiger partial charge in [0.25, 0.3) is 0 Å². The number of nitrogens with zero attached hydrogens (tertiary/aromatic N) is 1. The molecule has 2 heteroatoms. The van der Waals surface area contributed by atoms with Crippen molar-refractivity contribution in [1.82, 2.24) is 0 Å². The van der Waals surface area contributed by atoms with Crippen molar-refractivity contribution in [2.24, 2.45) is 0 Å². The van der Waals surface area contributed by atoms with Crippen LogP contribution in [0, 0.1) is 0 Å². The summed E-state index contributed by atoms with van der Waals surface area (Å²) in [4.78, 5) is 2.33. The molecule has 7 aromatic rings. The molecule has 0 fully saturated rings. The van der Waals surface area contributed by atoms with E-state index in [4.69, 9.17) is 4.42 Å². The van der Waals surface area contributed by atoms with Crippen molar-refractivity contribution >= 4 is 38.9 Å². The maximum atomic E-state index is 6.24. The molecule has 0 spiro atoms. The van der Waals surface area contributed by atoms with Gasteiger partial charge in [0.05, 0.1) is 5.70 Å². The second kappa shape index (κ2) is 12.4. The first-order chi connectivity index (χ1) is 22.2. The third-order valence-corrected chi connectivity index (χ3v) is 8.19. The lowest BCUT2D eigenvalue weighted by atomic mass is 9.98. The van der Waals surface area contributed by atoms with Gasteiger partial charge in [-0.1, -0.05) is 128 Å². The Morgan fingerprint density at radius 3 is 1.82 bits per heavy atom. The number of benzene rings is 6. The van der Waals surface area contributed by atoms with Crippen LogP contribution in [0.4, 0.5) is 11.4 Å². The third kappa shape index (κ3) is 5.50. The Morgan fingerprint density at radius 1 is 0.556 bits per heavy atom. The third-order valence-electron chi connectivity index (χ3n) is 8.19. The van der Waals surface area contributed by atoms with Gasteiger partial charge in [0.2, 0.25) is 0 Å². The molecule has 0 N–H and O–H groups in total. The summed E-state index contributed by atoms with van der Waals surface area (Å²) in [6.45, 7) is 6.21. The van der Waals surface area contributed by atoms with E-state index in [-0.39, 0.29) is 0 Å². The van der Waals surface area contributed by atoms with Crippen LogP contribution < -0.4 is 4.90 Å². The zero-order valence-electron chi connectivity index (χ0n) is 25.2. The minimum atomic E-state index is 0.888. The predicted octanol–water partition coefficient (Wildman–Crippen LogP) is 12.2. The Hall–Kier alpha value is -5.86. The first-order valence-electron chi connectivity index (χ1n) is 15.3. The molecule has 0 saturated heterocycles. The average Bonchev–Trinajstić information content (AvgIpc) is 3.48. The molecule has 1 heterocycles. The summed E-state index contributed by atoms with van der Waals surface area (Å²) < 4.78 is 6.24. The van der Waals surface area contributed by atoms with Crippen molar-refractivity contribution in [2.45, 2.75) is 6.92 Å². The van der Waals surface area contributed by atoms with Crippen molar-refractivity contribution in [3.8, 4) is 22.3 Å². The van der Waals surface area contributed by atoms with Gasteiger partial charge in [-0.3, -0.25) is 0 Å². The van der Waals surface area contributed by atoms with Crippen LogP contribution in [-0.4, -0.2) is 0 Å². The lowest BCUT2D eigenvalue weighted by molar-refractivity contribution is 0.669. The minimum Gasteiger partial charge on any atom is -0.456 e. The molecule has 216 valence electrons. The summed E-state index contributed by atoms with van der Waals surface area (Å²) in [5.41, 5.74) is 11.7. The molecule has 0 saturated carbocycles. The second-order valence-electron chi connectivity index (χ2n) is 11.0. The highest BCUT2D eigenvalue weighted by molar-refractivity contribution is 6.06. The molecule has 1 aromatic heterocycles. The van der Waals surface area contributed by atoms with Gasteiger partial charge in [0, 0.05) is 27.7 Å². The number of hydrogen-bond donors (Lipinski definition) is 0. The van der Waals surface area contributed by atoms with E-state index in [9.17, 15) is 0 Å². The molecule has 0 unspecified atom stereocenters. The highest BCUT2D eigenvalue weighted by Gasteiger charge is 2.20. The van der Waals surface area contributed by atoms with Gasteiger partial charge in [-0.15, -0.1) is 0 Å². The summed E-state index contributed by atoms with van der Waals surface area (Å²) >= 11 is 0. The first-order valence-corrected chi connectivity index (χ1v) is 15.3. The molecule has 0 aliphatic rings. The Morgan fingerprint density at radius 2 is 1.13 bits per heavy atom. The molecular weight excluding hydrogens is 546 g/mol. The molecule has 0 aliphatic carbocycles. The highest BCUT2D eigenvalue weighted by atomic mass is 16.3. The van der Waals surface area contributed by atoms with Gasteiger partial charge in [-0.25, -0.2) is 0 Å². The molecule has 7 rings (SSSR count). The number of fused-ring (bicyclic) bond motifs is 3. The van der Waals surface area contributed by atoms with Gasteiger partial charge < -0.3 is 9.32 Å². The monoisotopic (exact) mass is 579 g/mol. The van der Waals surface area contributed by atoms with Crippen LogP contribution >= 0.6 is 0 Å². The Balaban J connectivity index is 1.40. The smallest absolute Gasteiger partial charge is 0.136 e. The van der Waals surface area contributed by atoms with Crippen LogP contribution in [0.15, 0.2) is 187 Å². The summed E-state index contributed by atoms with van der Waals surface area (Å²) in [7, 11) is 0. The molecule has 0 aliphatic heterocycles. The molecule has 6 aromatic carbocycles. The van der Waals surface area contributed by atoms with Crippen molar-refractivity contribution < 1.29 is 4.42 Å². The fraction of sp³-hybridized carbons (Fsp3) is 0.0233. The van der Waals surface area contributed by atoms with Crippen molar-refractivity contribution in [2.75, 3.05) is 4.90 Å². The Kier molecular flexibility index (Phi) is 7.70. The standard InChI is InChI=1S/C43H33NO/c1-3-15-41(38(4-2)32-18-9-6-10-19-32)44(36-22-13-20-33(28-36)31-16-7-5-8-17-31)37-23-14-21-34(29-37)35-26-27-40-39-24-11-12-25-42(39)45-43(40)30-35/h3-30H,1H2,2H3/b38-4-,41-15+. The topological polar surface area (TPSA) is 16.4 Å². The van der Waals surface area contributed by atoms with Crippen molar-refractivity contribution in [3.05, 3.63) is 188 Å². The fourth-order valence-corrected chi connectivity index (χ4v) is 6.09. The molecule has 0 atom stereocenters. The molecule has 45 heavy (non-hydrogen) atoms. The molecule has 0 amide bonds. The van der Waals surface area contributed by atoms with E-state index in [1.807, 2.05) is 18.2 Å². The second-order valence-corrected chi connectivity index (χ2v) is 11.0. The van der Waals surface area contributed by atoms with Crippen LogP contribution in [0.2, 0.25) is 0 Å². The zero-order valence-corrected chi connectivity index (χ0v) is 25.2. The molecule has 0 radical (unpaired) electrons. The number of anilines is 2. The van der Waals surface area contributed by atoms with Gasteiger partial charge in [0.15, 0.2) is 0 Å². The van der Waals surface area contributed by atoms with Crippen molar-refractivity contribution in [3.63, 3.8) is 0 Å². The molecule has 0 bridgehead atoms. The zero-order chi connectivity index (χ0) is 30.6. The first kappa shape index (κ1) is 27.9. The van der Waals surface area contributed by atoms with E-state index in [2.05, 4.69) is 170 Å². The van der Waals surface area contributed by atoms with E-state index < -0.39 is 0 Å². The van der Waals surface area contributed by atoms with Gasteiger partial charge in [-0.05, 0) is 83.3 Å². The summed E-state index contributed by atoms with van der Waals surface area (Å²) in [5.74, 6) is 0. The van der Waals surface area contributed by atoms with Gasteiger partial charge >= 0.3 is 0 Å². The Labute approximate surface area is 264 Å². The van der Waals surface area contributed by atoms with Crippen molar-refractivity contribution in [1.29, 1.82) is 0 Å². The lowest BCUT2D eigenvalue weighted by Crippen LogP contribution is -2.18. The summed E-state index contributed by atoms with van der Waals surface area (Å²) in [5, 5.41) is 2.26.